The van der Waals surface area contributed by atoms with Gasteiger partial charge in [-0.25, -0.2) is 0 Å². The van der Waals surface area contributed by atoms with E-state index in [-0.39, 0.29) is 11.5 Å². The van der Waals surface area contributed by atoms with Gasteiger partial charge in [-0.3, -0.25) is 0 Å². The van der Waals surface area contributed by atoms with E-state index in [1.165, 1.54) is 18.2 Å². The topological polar surface area (TPSA) is 40.5 Å². The van der Waals surface area contributed by atoms with Crippen molar-refractivity contribution in [3.63, 3.8) is 0 Å². The Hall–Kier alpha value is -2.06. The molecule has 2 N–H and O–H groups in total. The maximum atomic E-state index is 8.65. The quantitative estimate of drug-likeness (QED) is 0.523. The summed E-state index contributed by atoms with van der Waals surface area (Å²) in [6.07, 6.45) is 11.1. The predicted octanol–water partition coefficient (Wildman–Crippen LogP) is 2.13. The zero-order valence-corrected chi connectivity index (χ0v) is 7.77. The van der Waals surface area contributed by atoms with E-state index in [2.05, 4.69) is 11.8 Å². The molecule has 1 rings (SSSR count). The van der Waals surface area contributed by atoms with Gasteiger partial charge in [-0.1, -0.05) is 6.07 Å². The van der Waals surface area contributed by atoms with Crippen molar-refractivity contribution in [1.82, 2.24) is 0 Å². The number of rotatable bonds is 1. The minimum atomic E-state index is 0.0880. The van der Waals surface area contributed by atoms with Crippen molar-refractivity contribution in [2.75, 3.05) is 0 Å². The SMILES string of the molecule is C#CCCC#C.Oc1cccc(O)c1. The van der Waals surface area contributed by atoms with E-state index in [0.717, 1.165) is 0 Å². The van der Waals surface area contributed by atoms with Crippen molar-refractivity contribution in [3.05, 3.63) is 24.3 Å². The van der Waals surface area contributed by atoms with Crippen molar-refractivity contribution < 1.29 is 10.2 Å². The van der Waals surface area contributed by atoms with Crippen LogP contribution in [0, 0.1) is 24.7 Å². The number of phenolic OH excluding ortho intramolecular Hbond substituents is 2. The van der Waals surface area contributed by atoms with Gasteiger partial charge < -0.3 is 10.2 Å². The lowest BCUT2D eigenvalue weighted by Crippen LogP contribution is -1.61. The molecule has 0 unspecified atom stereocenters. The number of phenols is 2. The largest absolute Gasteiger partial charge is 0.508 e. The molecule has 1 aromatic carbocycles. The van der Waals surface area contributed by atoms with Gasteiger partial charge in [-0.2, -0.15) is 0 Å². The molecule has 0 amide bonds. The van der Waals surface area contributed by atoms with Gasteiger partial charge in [0, 0.05) is 18.9 Å². The predicted molar refractivity (Wildman–Crippen MR) is 56.7 cm³/mol. The Morgan fingerprint density at radius 3 is 1.64 bits per heavy atom. The summed E-state index contributed by atoms with van der Waals surface area (Å²) in [6, 6.07) is 5.85. The lowest BCUT2D eigenvalue weighted by molar-refractivity contribution is 0.450. The van der Waals surface area contributed by atoms with Gasteiger partial charge in [-0.05, 0) is 12.1 Å². The summed E-state index contributed by atoms with van der Waals surface area (Å²) in [5, 5.41) is 17.3. The highest BCUT2D eigenvalue weighted by Crippen LogP contribution is 2.14. The monoisotopic (exact) mass is 188 g/mol. The van der Waals surface area contributed by atoms with E-state index in [4.69, 9.17) is 23.1 Å². The minimum Gasteiger partial charge on any atom is -0.508 e. The van der Waals surface area contributed by atoms with Crippen LogP contribution in [0.25, 0.3) is 0 Å². The van der Waals surface area contributed by atoms with Crippen molar-refractivity contribution in [2.24, 2.45) is 0 Å². The fourth-order valence-corrected chi connectivity index (χ4v) is 0.637. The molecule has 0 saturated carbocycles. The van der Waals surface area contributed by atoms with Gasteiger partial charge in [0.1, 0.15) is 11.5 Å². The molecule has 0 heterocycles. The number of terminal acetylenes is 2. The first-order valence-corrected chi connectivity index (χ1v) is 4.05. The average Bonchev–Trinajstić information content (AvgIpc) is 2.15. The van der Waals surface area contributed by atoms with E-state index in [1.807, 2.05) is 0 Å². The van der Waals surface area contributed by atoms with Crippen LogP contribution in [0.15, 0.2) is 24.3 Å². The molecule has 0 aromatic heterocycles. The summed E-state index contributed by atoms with van der Waals surface area (Å²) < 4.78 is 0. The van der Waals surface area contributed by atoms with Crippen molar-refractivity contribution in [3.8, 4) is 36.2 Å². The smallest absolute Gasteiger partial charge is 0.119 e. The van der Waals surface area contributed by atoms with Crippen molar-refractivity contribution in [2.45, 2.75) is 12.8 Å². The minimum absolute atomic E-state index is 0.0880. The third kappa shape index (κ3) is 6.64. The molecule has 0 bridgehead atoms. The van der Waals surface area contributed by atoms with Crippen LogP contribution < -0.4 is 0 Å². The Balaban J connectivity index is 0.000000255. The fourth-order valence-electron chi connectivity index (χ4n) is 0.637. The number of unbranched alkanes of at least 4 members (excludes halogenated alkanes) is 1. The molecule has 0 atom stereocenters. The standard InChI is InChI=1S/C6H6O2.C6H6/c7-5-2-1-3-6(8)4-5;1-3-5-6-4-2/h1-4,7-8H;1-2H,5-6H2. The molecule has 0 radical (unpaired) electrons. The Morgan fingerprint density at radius 2 is 1.43 bits per heavy atom. The highest BCUT2D eigenvalue weighted by atomic mass is 16.3. The molecule has 72 valence electrons. The molecular weight excluding hydrogens is 176 g/mol. The van der Waals surface area contributed by atoms with Crippen LogP contribution in [-0.2, 0) is 0 Å². The molecule has 0 aliphatic rings. The summed E-state index contributed by atoms with van der Waals surface area (Å²) in [6.45, 7) is 0. The summed E-state index contributed by atoms with van der Waals surface area (Å²) >= 11 is 0. The molecule has 0 spiro atoms. The number of hydrogen-bond acceptors (Lipinski definition) is 2. The summed E-state index contributed by atoms with van der Waals surface area (Å²) in [5.41, 5.74) is 0. The zero-order valence-electron chi connectivity index (χ0n) is 7.77. The second-order valence-corrected chi connectivity index (χ2v) is 2.43. The summed E-state index contributed by atoms with van der Waals surface area (Å²) in [4.78, 5) is 0. The molecule has 0 saturated heterocycles. The first kappa shape index (κ1) is 11.9. The maximum absolute atomic E-state index is 8.65. The molecular formula is C12H12O2. The van der Waals surface area contributed by atoms with Gasteiger partial charge in [0.05, 0.1) is 0 Å². The van der Waals surface area contributed by atoms with E-state index in [9.17, 15) is 0 Å². The zero-order chi connectivity index (χ0) is 10.8. The number of benzene rings is 1. The lowest BCUT2D eigenvalue weighted by atomic mass is 10.3. The van der Waals surface area contributed by atoms with Crippen LogP contribution in [0.1, 0.15) is 12.8 Å². The Kier molecular flexibility index (Phi) is 6.47. The van der Waals surface area contributed by atoms with Gasteiger partial charge in [0.25, 0.3) is 0 Å². The van der Waals surface area contributed by atoms with E-state index in [1.54, 1.807) is 6.07 Å². The molecule has 0 fully saturated rings. The first-order chi connectivity index (χ1) is 6.70. The molecule has 0 aliphatic carbocycles. The Labute approximate surface area is 84.2 Å². The van der Waals surface area contributed by atoms with Gasteiger partial charge >= 0.3 is 0 Å². The number of hydrogen-bond donors (Lipinski definition) is 2. The third-order valence-corrected chi connectivity index (χ3v) is 1.24. The fraction of sp³-hybridized carbons (Fsp3) is 0.167. The molecule has 2 nitrogen and oxygen atoms in total. The van der Waals surface area contributed by atoms with Gasteiger partial charge in [0.2, 0.25) is 0 Å². The number of aromatic hydroxyl groups is 2. The second-order valence-electron chi connectivity index (χ2n) is 2.43. The van der Waals surface area contributed by atoms with Crippen LogP contribution in [0.2, 0.25) is 0 Å². The lowest BCUT2D eigenvalue weighted by Gasteiger charge is -1.89. The van der Waals surface area contributed by atoms with E-state index in [0.29, 0.717) is 12.8 Å². The van der Waals surface area contributed by atoms with Crippen molar-refractivity contribution in [1.29, 1.82) is 0 Å². The third-order valence-electron chi connectivity index (χ3n) is 1.24. The van der Waals surface area contributed by atoms with Gasteiger partial charge in [-0.15, -0.1) is 24.7 Å². The van der Waals surface area contributed by atoms with Gasteiger partial charge in [0.15, 0.2) is 0 Å². The second kappa shape index (κ2) is 7.58. The highest BCUT2D eigenvalue weighted by Gasteiger charge is 1.85. The maximum Gasteiger partial charge on any atom is 0.119 e. The molecule has 0 aliphatic heterocycles. The average molecular weight is 188 g/mol. The van der Waals surface area contributed by atoms with Crippen LogP contribution in [0.3, 0.4) is 0 Å². The molecule has 1 aromatic rings. The Bertz CT molecular complexity index is 311. The Morgan fingerprint density at radius 1 is 1.00 bits per heavy atom. The summed E-state index contributed by atoms with van der Waals surface area (Å²) in [5.74, 6) is 5.03. The van der Waals surface area contributed by atoms with Crippen LogP contribution >= 0.6 is 0 Å². The normalized spacial score (nSPS) is 7.57. The highest BCUT2D eigenvalue weighted by molar-refractivity contribution is 5.30. The summed E-state index contributed by atoms with van der Waals surface area (Å²) in [7, 11) is 0. The van der Waals surface area contributed by atoms with Crippen LogP contribution in [-0.4, -0.2) is 10.2 Å². The van der Waals surface area contributed by atoms with Crippen LogP contribution in [0.4, 0.5) is 0 Å². The van der Waals surface area contributed by atoms with E-state index < -0.39 is 0 Å². The molecule has 2 heteroatoms. The molecule has 14 heavy (non-hydrogen) atoms. The first-order valence-electron chi connectivity index (χ1n) is 4.05. The van der Waals surface area contributed by atoms with E-state index >= 15 is 0 Å². The van der Waals surface area contributed by atoms with Crippen LogP contribution in [0.5, 0.6) is 11.5 Å². The van der Waals surface area contributed by atoms with Crippen molar-refractivity contribution >= 4 is 0 Å².